The number of rotatable bonds is 7. The van der Waals surface area contributed by atoms with E-state index >= 15 is 0 Å². The van der Waals surface area contributed by atoms with Gasteiger partial charge >= 0.3 is 0 Å². The molecule has 0 spiro atoms. The zero-order chi connectivity index (χ0) is 19.1. The van der Waals surface area contributed by atoms with Gasteiger partial charge in [0.2, 0.25) is 11.7 Å². The molecule has 1 fully saturated rings. The fourth-order valence-electron chi connectivity index (χ4n) is 2.84. The summed E-state index contributed by atoms with van der Waals surface area (Å²) in [5.74, 6) is -0.383. The number of nitrogens with one attached hydrogen (secondary N) is 1. The molecule has 1 heterocycles. The topological polar surface area (TPSA) is 79.0 Å². The third kappa shape index (κ3) is 5.47. The highest BCUT2D eigenvalue weighted by Gasteiger charge is 2.22. The second-order valence-corrected chi connectivity index (χ2v) is 6.77. The quantitative estimate of drug-likeness (QED) is 0.735. The SMILES string of the molecule is COc1ccc(N2CCN(C(=O)CNC(=O)C(=O)CC(C)C)CC2)cc1. The molecule has 2 rings (SSSR count). The van der Waals surface area contributed by atoms with E-state index in [0.717, 1.165) is 24.5 Å². The normalized spacial score (nSPS) is 14.3. The number of ketones is 1. The highest BCUT2D eigenvalue weighted by molar-refractivity contribution is 6.36. The van der Waals surface area contributed by atoms with Crippen molar-refractivity contribution in [1.29, 1.82) is 0 Å². The number of ether oxygens (including phenoxy) is 1. The number of carbonyl (C=O) groups is 3. The smallest absolute Gasteiger partial charge is 0.287 e. The van der Waals surface area contributed by atoms with Crippen LogP contribution < -0.4 is 15.0 Å². The number of anilines is 1. The minimum absolute atomic E-state index is 0.120. The first kappa shape index (κ1) is 19.8. The van der Waals surface area contributed by atoms with Crippen molar-refractivity contribution in [2.24, 2.45) is 5.92 Å². The summed E-state index contributed by atoms with van der Waals surface area (Å²) in [5, 5.41) is 2.43. The van der Waals surface area contributed by atoms with Crippen LogP contribution in [0.5, 0.6) is 5.75 Å². The average Bonchev–Trinajstić information content (AvgIpc) is 2.65. The monoisotopic (exact) mass is 361 g/mol. The molecule has 0 radical (unpaired) electrons. The van der Waals surface area contributed by atoms with Gasteiger partial charge in [-0.15, -0.1) is 0 Å². The number of hydrogen-bond acceptors (Lipinski definition) is 5. The molecule has 0 aromatic heterocycles. The van der Waals surface area contributed by atoms with Crippen LogP contribution in [0.3, 0.4) is 0 Å². The molecule has 142 valence electrons. The standard InChI is InChI=1S/C19H27N3O4/c1-14(2)12-17(23)19(25)20-13-18(24)22-10-8-21(9-11-22)15-4-6-16(26-3)7-5-15/h4-7,14H,8-13H2,1-3H3,(H,20,25). The van der Waals surface area contributed by atoms with E-state index in [-0.39, 0.29) is 24.8 Å². The van der Waals surface area contributed by atoms with Crippen LogP contribution >= 0.6 is 0 Å². The maximum absolute atomic E-state index is 12.2. The van der Waals surface area contributed by atoms with Crippen LogP contribution in [0.1, 0.15) is 20.3 Å². The van der Waals surface area contributed by atoms with E-state index in [2.05, 4.69) is 10.2 Å². The van der Waals surface area contributed by atoms with Crippen molar-refractivity contribution in [3.63, 3.8) is 0 Å². The maximum atomic E-state index is 12.2. The van der Waals surface area contributed by atoms with Gasteiger partial charge in [-0.25, -0.2) is 0 Å². The van der Waals surface area contributed by atoms with Crippen LogP contribution in [-0.4, -0.2) is 62.3 Å². The van der Waals surface area contributed by atoms with E-state index in [0.29, 0.717) is 13.1 Å². The van der Waals surface area contributed by atoms with Crippen LogP contribution in [0.4, 0.5) is 5.69 Å². The Morgan fingerprint density at radius 3 is 2.23 bits per heavy atom. The number of nitrogens with zero attached hydrogens (tertiary/aromatic N) is 2. The van der Waals surface area contributed by atoms with E-state index in [1.807, 2.05) is 38.1 Å². The minimum atomic E-state index is -0.677. The molecule has 0 atom stereocenters. The molecule has 1 aliphatic heterocycles. The zero-order valence-electron chi connectivity index (χ0n) is 15.7. The van der Waals surface area contributed by atoms with Crippen molar-refractivity contribution >= 4 is 23.3 Å². The summed E-state index contributed by atoms with van der Waals surface area (Å²) in [6.45, 7) is 6.22. The Hall–Kier alpha value is -2.57. The first-order valence-corrected chi connectivity index (χ1v) is 8.88. The van der Waals surface area contributed by atoms with Crippen molar-refractivity contribution in [2.45, 2.75) is 20.3 Å². The van der Waals surface area contributed by atoms with Crippen molar-refractivity contribution in [3.05, 3.63) is 24.3 Å². The molecule has 0 saturated carbocycles. The molecule has 1 aliphatic rings. The van der Waals surface area contributed by atoms with Gasteiger partial charge in [0.1, 0.15) is 5.75 Å². The lowest BCUT2D eigenvalue weighted by molar-refractivity contribution is -0.140. The van der Waals surface area contributed by atoms with Gasteiger partial charge in [0.05, 0.1) is 13.7 Å². The van der Waals surface area contributed by atoms with Gasteiger partial charge in [-0.1, -0.05) is 13.8 Å². The Labute approximate surface area is 154 Å². The van der Waals surface area contributed by atoms with Gasteiger partial charge in [0, 0.05) is 38.3 Å². The summed E-state index contributed by atoms with van der Waals surface area (Å²) in [4.78, 5) is 39.5. The van der Waals surface area contributed by atoms with Gasteiger partial charge < -0.3 is 19.9 Å². The summed E-state index contributed by atoms with van der Waals surface area (Å²) in [6, 6.07) is 7.82. The maximum Gasteiger partial charge on any atom is 0.287 e. The number of piperazine rings is 1. The van der Waals surface area contributed by atoms with Crippen LogP contribution in [0.2, 0.25) is 0 Å². The molecule has 7 nitrogen and oxygen atoms in total. The fraction of sp³-hybridized carbons (Fsp3) is 0.526. The number of benzene rings is 1. The molecule has 0 unspecified atom stereocenters. The first-order valence-electron chi connectivity index (χ1n) is 8.88. The fourth-order valence-corrected chi connectivity index (χ4v) is 2.84. The summed E-state index contributed by atoms with van der Waals surface area (Å²) in [7, 11) is 1.63. The molecular weight excluding hydrogens is 334 g/mol. The highest BCUT2D eigenvalue weighted by Crippen LogP contribution is 2.20. The first-order chi connectivity index (χ1) is 12.4. The molecule has 1 aromatic rings. The van der Waals surface area contributed by atoms with Gasteiger partial charge in [-0.05, 0) is 30.2 Å². The van der Waals surface area contributed by atoms with Crippen molar-refractivity contribution < 1.29 is 19.1 Å². The molecular formula is C19H27N3O4. The molecule has 0 bridgehead atoms. The lowest BCUT2D eigenvalue weighted by atomic mass is 10.1. The lowest BCUT2D eigenvalue weighted by Gasteiger charge is -2.36. The Kier molecular flexibility index (Phi) is 7.00. The average molecular weight is 361 g/mol. The van der Waals surface area contributed by atoms with E-state index < -0.39 is 11.7 Å². The van der Waals surface area contributed by atoms with E-state index in [1.165, 1.54) is 0 Å². The van der Waals surface area contributed by atoms with Crippen LogP contribution in [0.25, 0.3) is 0 Å². The second kappa shape index (κ2) is 9.22. The molecule has 7 heteroatoms. The number of Topliss-reactive ketones (excluding diaryl/α,β-unsaturated/α-hetero) is 1. The number of carbonyl (C=O) groups excluding carboxylic acids is 3. The molecule has 1 saturated heterocycles. The Bertz CT molecular complexity index is 635. The summed E-state index contributed by atoms with van der Waals surface area (Å²) >= 11 is 0. The van der Waals surface area contributed by atoms with Crippen molar-refractivity contribution in [1.82, 2.24) is 10.2 Å². The van der Waals surface area contributed by atoms with E-state index in [1.54, 1.807) is 12.0 Å². The largest absolute Gasteiger partial charge is 0.497 e. The summed E-state index contributed by atoms with van der Waals surface area (Å²) in [6.07, 6.45) is 0.195. The molecule has 26 heavy (non-hydrogen) atoms. The molecule has 1 aromatic carbocycles. The molecule has 1 N–H and O–H groups in total. The zero-order valence-corrected chi connectivity index (χ0v) is 15.7. The van der Waals surface area contributed by atoms with Crippen LogP contribution in [-0.2, 0) is 14.4 Å². The number of methoxy groups -OCH3 is 1. The molecule has 2 amide bonds. The van der Waals surface area contributed by atoms with Gasteiger partial charge in [-0.3, -0.25) is 14.4 Å². The van der Waals surface area contributed by atoms with Gasteiger partial charge in [-0.2, -0.15) is 0 Å². The lowest BCUT2D eigenvalue weighted by Crippen LogP contribution is -2.51. The Morgan fingerprint density at radius 2 is 1.69 bits per heavy atom. The third-order valence-electron chi connectivity index (χ3n) is 4.32. The van der Waals surface area contributed by atoms with E-state index in [9.17, 15) is 14.4 Å². The van der Waals surface area contributed by atoms with Gasteiger partial charge in [0.15, 0.2) is 0 Å². The number of hydrogen-bond donors (Lipinski definition) is 1. The van der Waals surface area contributed by atoms with Crippen molar-refractivity contribution in [3.8, 4) is 5.75 Å². The van der Waals surface area contributed by atoms with Gasteiger partial charge in [0.25, 0.3) is 5.91 Å². The van der Waals surface area contributed by atoms with Crippen LogP contribution in [0.15, 0.2) is 24.3 Å². The third-order valence-corrected chi connectivity index (χ3v) is 4.32. The second-order valence-electron chi connectivity index (χ2n) is 6.77. The Balaban J connectivity index is 1.77. The summed E-state index contributed by atoms with van der Waals surface area (Å²) in [5.41, 5.74) is 1.09. The van der Waals surface area contributed by atoms with Crippen molar-refractivity contribution in [2.75, 3.05) is 44.7 Å². The number of amides is 2. The predicted octanol–water partition coefficient (Wildman–Crippen LogP) is 1.08. The minimum Gasteiger partial charge on any atom is -0.497 e. The molecule has 0 aliphatic carbocycles. The Morgan fingerprint density at radius 1 is 1.08 bits per heavy atom. The van der Waals surface area contributed by atoms with E-state index in [4.69, 9.17) is 4.74 Å². The van der Waals surface area contributed by atoms with Crippen LogP contribution in [0, 0.1) is 5.92 Å². The predicted molar refractivity (Wildman–Crippen MR) is 99.3 cm³/mol. The summed E-state index contributed by atoms with van der Waals surface area (Å²) < 4.78 is 5.16. The highest BCUT2D eigenvalue weighted by atomic mass is 16.5.